The summed E-state index contributed by atoms with van der Waals surface area (Å²) in [6.45, 7) is 3.73. The summed E-state index contributed by atoms with van der Waals surface area (Å²) in [6, 6.07) is 12.7. The van der Waals surface area contributed by atoms with Gasteiger partial charge in [-0.3, -0.25) is 9.59 Å². The highest BCUT2D eigenvalue weighted by Crippen LogP contribution is 2.20. The zero-order valence-corrected chi connectivity index (χ0v) is 14.6. The molecule has 0 radical (unpaired) electrons. The maximum Gasteiger partial charge on any atom is 0.262 e. The van der Waals surface area contributed by atoms with Crippen LogP contribution in [0, 0.1) is 13.8 Å². The molecule has 2 amide bonds. The molecule has 0 unspecified atom stereocenters. The van der Waals surface area contributed by atoms with Crippen molar-refractivity contribution < 1.29 is 19.1 Å². The number of hydrogen-bond acceptors (Lipinski definition) is 4. The smallest absolute Gasteiger partial charge is 0.262 e. The maximum atomic E-state index is 12.1. The molecule has 0 spiro atoms. The van der Waals surface area contributed by atoms with Crippen LogP contribution in [-0.4, -0.2) is 32.1 Å². The van der Waals surface area contributed by atoms with E-state index < -0.39 is 0 Å². The number of likely N-dealkylation sites (N-methyl/N-ethyl adjacent to an activating group) is 1. The van der Waals surface area contributed by atoms with Gasteiger partial charge in [0.2, 0.25) is 0 Å². The normalized spacial score (nSPS) is 10.0. The van der Waals surface area contributed by atoms with Crippen molar-refractivity contribution >= 4 is 17.5 Å². The van der Waals surface area contributed by atoms with Crippen LogP contribution >= 0.6 is 0 Å². The largest absolute Gasteiger partial charge is 0.484 e. The van der Waals surface area contributed by atoms with Crippen LogP contribution in [-0.2, 0) is 9.59 Å². The van der Waals surface area contributed by atoms with Gasteiger partial charge in [0.1, 0.15) is 11.5 Å². The first-order chi connectivity index (χ1) is 12.0. The summed E-state index contributed by atoms with van der Waals surface area (Å²) >= 11 is 0. The van der Waals surface area contributed by atoms with Crippen molar-refractivity contribution in [3.8, 4) is 11.5 Å². The Kier molecular flexibility index (Phi) is 6.39. The number of ether oxygens (including phenoxy) is 2. The third-order valence-corrected chi connectivity index (χ3v) is 3.47. The summed E-state index contributed by atoms with van der Waals surface area (Å²) in [4.78, 5) is 23.3. The van der Waals surface area contributed by atoms with E-state index in [4.69, 9.17) is 9.47 Å². The Balaban J connectivity index is 1.89. The highest BCUT2D eigenvalue weighted by Gasteiger charge is 2.07. The van der Waals surface area contributed by atoms with Gasteiger partial charge in [-0.05, 0) is 43.2 Å². The summed E-state index contributed by atoms with van der Waals surface area (Å²) in [6.07, 6.45) is 0. The summed E-state index contributed by atoms with van der Waals surface area (Å²) in [7, 11) is 1.54. The third kappa shape index (κ3) is 5.84. The number of carbonyl (C=O) groups is 2. The van der Waals surface area contributed by atoms with Crippen LogP contribution in [0.2, 0.25) is 0 Å². The van der Waals surface area contributed by atoms with Crippen molar-refractivity contribution in [1.82, 2.24) is 5.32 Å². The number of amides is 2. The minimum Gasteiger partial charge on any atom is -0.484 e. The molecule has 0 bridgehead atoms. The van der Waals surface area contributed by atoms with E-state index in [2.05, 4.69) is 10.6 Å². The number of anilines is 1. The number of benzene rings is 2. The van der Waals surface area contributed by atoms with Gasteiger partial charge < -0.3 is 20.1 Å². The van der Waals surface area contributed by atoms with E-state index >= 15 is 0 Å². The van der Waals surface area contributed by atoms with Gasteiger partial charge in [-0.1, -0.05) is 18.2 Å². The first-order valence-corrected chi connectivity index (χ1v) is 7.91. The van der Waals surface area contributed by atoms with E-state index in [0.29, 0.717) is 17.2 Å². The fraction of sp³-hybridized carbons (Fsp3) is 0.263. The van der Waals surface area contributed by atoms with E-state index in [1.165, 1.54) is 7.05 Å². The Labute approximate surface area is 147 Å². The molecule has 0 aliphatic heterocycles. The van der Waals surface area contributed by atoms with Crippen LogP contribution in [0.1, 0.15) is 11.1 Å². The standard InChI is InChI=1S/C19H22N2O4/c1-13-7-8-14(2)17(9-13)25-12-19(23)21-15-5-4-6-16(10-15)24-11-18(22)20-3/h4-10H,11-12H2,1-3H3,(H,20,22)(H,21,23). The lowest BCUT2D eigenvalue weighted by atomic mass is 10.1. The van der Waals surface area contributed by atoms with Gasteiger partial charge in [-0.15, -0.1) is 0 Å². The Morgan fingerprint density at radius 1 is 0.960 bits per heavy atom. The van der Waals surface area contributed by atoms with Gasteiger partial charge >= 0.3 is 0 Å². The monoisotopic (exact) mass is 342 g/mol. The maximum absolute atomic E-state index is 12.1. The van der Waals surface area contributed by atoms with Gasteiger partial charge in [-0.2, -0.15) is 0 Å². The average Bonchev–Trinajstić information content (AvgIpc) is 2.60. The Morgan fingerprint density at radius 3 is 2.48 bits per heavy atom. The number of aryl methyl sites for hydroxylation is 2. The number of nitrogens with one attached hydrogen (secondary N) is 2. The SMILES string of the molecule is CNC(=O)COc1cccc(NC(=O)COc2cc(C)ccc2C)c1. The van der Waals surface area contributed by atoms with Crippen LogP contribution < -0.4 is 20.1 Å². The Morgan fingerprint density at radius 2 is 1.72 bits per heavy atom. The van der Waals surface area contributed by atoms with Gasteiger partial charge in [0.25, 0.3) is 11.8 Å². The molecule has 0 fully saturated rings. The van der Waals surface area contributed by atoms with E-state index in [-0.39, 0.29) is 25.0 Å². The third-order valence-electron chi connectivity index (χ3n) is 3.47. The van der Waals surface area contributed by atoms with Gasteiger partial charge in [-0.25, -0.2) is 0 Å². The van der Waals surface area contributed by atoms with Crippen LogP contribution in [0.5, 0.6) is 11.5 Å². The van der Waals surface area contributed by atoms with Crippen molar-refractivity contribution in [2.75, 3.05) is 25.6 Å². The van der Waals surface area contributed by atoms with Crippen molar-refractivity contribution in [3.63, 3.8) is 0 Å². The molecule has 0 heterocycles. The molecule has 132 valence electrons. The van der Waals surface area contributed by atoms with E-state index in [0.717, 1.165) is 11.1 Å². The molecular weight excluding hydrogens is 320 g/mol. The van der Waals surface area contributed by atoms with E-state index in [1.54, 1.807) is 24.3 Å². The molecule has 6 heteroatoms. The molecule has 0 saturated carbocycles. The first-order valence-electron chi connectivity index (χ1n) is 7.91. The topological polar surface area (TPSA) is 76.7 Å². The highest BCUT2D eigenvalue weighted by atomic mass is 16.5. The second-order valence-corrected chi connectivity index (χ2v) is 5.60. The van der Waals surface area contributed by atoms with Crippen LogP contribution in [0.25, 0.3) is 0 Å². The fourth-order valence-corrected chi connectivity index (χ4v) is 2.09. The van der Waals surface area contributed by atoms with Crippen molar-refractivity contribution in [2.24, 2.45) is 0 Å². The van der Waals surface area contributed by atoms with Crippen molar-refractivity contribution in [2.45, 2.75) is 13.8 Å². The highest BCUT2D eigenvalue weighted by molar-refractivity contribution is 5.92. The molecule has 0 aliphatic rings. The molecule has 6 nitrogen and oxygen atoms in total. The van der Waals surface area contributed by atoms with E-state index in [1.807, 2.05) is 32.0 Å². The Hall–Kier alpha value is -3.02. The Bertz CT molecular complexity index is 759. The molecule has 2 aromatic rings. The summed E-state index contributed by atoms with van der Waals surface area (Å²) < 4.78 is 10.9. The molecule has 25 heavy (non-hydrogen) atoms. The van der Waals surface area contributed by atoms with Crippen LogP contribution in [0.3, 0.4) is 0 Å². The molecule has 2 aromatic carbocycles. The molecule has 2 rings (SSSR count). The minimum atomic E-state index is -0.274. The van der Waals surface area contributed by atoms with Crippen LogP contribution in [0.4, 0.5) is 5.69 Å². The fourth-order valence-electron chi connectivity index (χ4n) is 2.09. The number of hydrogen-bond donors (Lipinski definition) is 2. The first kappa shape index (κ1) is 18.3. The summed E-state index contributed by atoms with van der Waals surface area (Å²) in [5.74, 6) is 0.690. The zero-order valence-electron chi connectivity index (χ0n) is 14.6. The average molecular weight is 342 g/mol. The molecule has 0 saturated heterocycles. The van der Waals surface area contributed by atoms with Crippen LogP contribution in [0.15, 0.2) is 42.5 Å². The molecule has 0 aromatic heterocycles. The second kappa shape index (κ2) is 8.73. The van der Waals surface area contributed by atoms with Gasteiger partial charge in [0, 0.05) is 18.8 Å². The summed E-state index contributed by atoms with van der Waals surface area (Å²) in [5, 5.41) is 5.22. The second-order valence-electron chi connectivity index (χ2n) is 5.60. The van der Waals surface area contributed by atoms with Gasteiger partial charge in [0.05, 0.1) is 0 Å². The number of rotatable bonds is 7. The number of carbonyl (C=O) groups excluding carboxylic acids is 2. The lowest BCUT2D eigenvalue weighted by Crippen LogP contribution is -2.24. The van der Waals surface area contributed by atoms with Crippen molar-refractivity contribution in [1.29, 1.82) is 0 Å². The van der Waals surface area contributed by atoms with Gasteiger partial charge in [0.15, 0.2) is 13.2 Å². The predicted octanol–water partition coefficient (Wildman–Crippen LogP) is 2.45. The summed E-state index contributed by atoms with van der Waals surface area (Å²) in [5.41, 5.74) is 2.62. The zero-order chi connectivity index (χ0) is 18.2. The molecule has 0 atom stereocenters. The predicted molar refractivity (Wildman–Crippen MR) is 96.0 cm³/mol. The lowest BCUT2D eigenvalue weighted by Gasteiger charge is -2.11. The van der Waals surface area contributed by atoms with E-state index in [9.17, 15) is 9.59 Å². The molecule has 0 aliphatic carbocycles. The van der Waals surface area contributed by atoms with Crippen molar-refractivity contribution in [3.05, 3.63) is 53.6 Å². The quantitative estimate of drug-likeness (QED) is 0.810. The molecule has 2 N–H and O–H groups in total. The molecular formula is C19H22N2O4. The lowest BCUT2D eigenvalue weighted by molar-refractivity contribution is -0.122. The minimum absolute atomic E-state index is 0.0797.